The number of aromatic nitrogens is 3. The summed E-state index contributed by atoms with van der Waals surface area (Å²) in [4.78, 5) is 21.3. The van der Waals surface area contributed by atoms with Crippen LogP contribution in [0.25, 0.3) is 11.0 Å². The number of nitrogen functional groups attached to an aromatic ring is 1. The SMILES string of the molecule is C=C[C@@H](Cn1c(Br)cc2c(N)ncnc21)N(C(=O)O)C(C)(C)C. The highest BCUT2D eigenvalue weighted by molar-refractivity contribution is 9.10. The molecule has 0 spiro atoms. The summed E-state index contributed by atoms with van der Waals surface area (Å²) < 4.78 is 2.62. The number of anilines is 1. The van der Waals surface area contributed by atoms with Crippen molar-refractivity contribution >= 4 is 38.9 Å². The van der Waals surface area contributed by atoms with E-state index in [4.69, 9.17) is 5.73 Å². The molecule has 0 radical (unpaired) electrons. The average Bonchev–Trinajstić information content (AvgIpc) is 2.74. The van der Waals surface area contributed by atoms with Gasteiger partial charge in [0.2, 0.25) is 0 Å². The fraction of sp³-hybridized carbons (Fsp3) is 0.400. The second kappa shape index (κ2) is 6.19. The van der Waals surface area contributed by atoms with Crippen molar-refractivity contribution in [1.29, 1.82) is 0 Å². The summed E-state index contributed by atoms with van der Waals surface area (Å²) in [6.45, 7) is 9.71. The van der Waals surface area contributed by atoms with Crippen LogP contribution in [0, 0.1) is 0 Å². The first-order valence-corrected chi connectivity index (χ1v) is 7.86. The van der Waals surface area contributed by atoms with Gasteiger partial charge in [0.25, 0.3) is 0 Å². The van der Waals surface area contributed by atoms with Crippen molar-refractivity contribution in [3.63, 3.8) is 0 Å². The number of carbonyl (C=O) groups is 1. The first-order chi connectivity index (χ1) is 10.7. The molecule has 2 aromatic rings. The minimum absolute atomic E-state index is 0.369. The number of hydrogen-bond donors (Lipinski definition) is 2. The number of hydrogen-bond acceptors (Lipinski definition) is 4. The van der Waals surface area contributed by atoms with E-state index in [-0.39, 0.29) is 0 Å². The third-order valence-corrected chi connectivity index (χ3v) is 4.23. The summed E-state index contributed by atoms with van der Waals surface area (Å²) in [5, 5.41) is 10.3. The fourth-order valence-corrected chi connectivity index (χ4v) is 3.14. The summed E-state index contributed by atoms with van der Waals surface area (Å²) in [5.74, 6) is 0.385. The summed E-state index contributed by atoms with van der Waals surface area (Å²) in [6.07, 6.45) is 2.02. The molecular formula is C15H20BrN5O2. The number of nitrogens with zero attached hydrogens (tertiary/aromatic N) is 4. The Bertz CT molecular complexity index is 750. The molecule has 124 valence electrons. The summed E-state index contributed by atoms with van der Waals surface area (Å²) in [6, 6.07) is 1.41. The Morgan fingerprint density at radius 1 is 1.57 bits per heavy atom. The van der Waals surface area contributed by atoms with Crippen LogP contribution in [0.4, 0.5) is 10.6 Å². The minimum Gasteiger partial charge on any atom is -0.465 e. The highest BCUT2D eigenvalue weighted by Gasteiger charge is 2.32. The molecule has 0 aliphatic rings. The molecule has 0 saturated carbocycles. The maximum absolute atomic E-state index is 11.7. The number of amides is 1. The predicted molar refractivity (Wildman–Crippen MR) is 93.2 cm³/mol. The van der Waals surface area contributed by atoms with Gasteiger partial charge in [-0.2, -0.15) is 0 Å². The molecule has 0 bridgehead atoms. The Balaban J connectivity index is 2.47. The molecule has 23 heavy (non-hydrogen) atoms. The van der Waals surface area contributed by atoms with Crippen molar-refractivity contribution in [2.24, 2.45) is 0 Å². The van der Waals surface area contributed by atoms with E-state index in [9.17, 15) is 9.90 Å². The Labute approximate surface area is 142 Å². The van der Waals surface area contributed by atoms with Crippen molar-refractivity contribution < 1.29 is 9.90 Å². The van der Waals surface area contributed by atoms with Gasteiger partial charge in [0.15, 0.2) is 0 Å². The first-order valence-electron chi connectivity index (χ1n) is 7.07. The van der Waals surface area contributed by atoms with Crippen molar-refractivity contribution in [3.05, 3.63) is 29.7 Å². The lowest BCUT2D eigenvalue weighted by molar-refractivity contribution is 0.0786. The van der Waals surface area contributed by atoms with Crippen LogP contribution in [0.3, 0.4) is 0 Å². The van der Waals surface area contributed by atoms with Crippen LogP contribution in [-0.2, 0) is 6.54 Å². The van der Waals surface area contributed by atoms with Gasteiger partial charge in [0.1, 0.15) is 17.8 Å². The van der Waals surface area contributed by atoms with Gasteiger partial charge in [-0.05, 0) is 42.8 Å². The highest BCUT2D eigenvalue weighted by atomic mass is 79.9. The standard InChI is InChI=1S/C15H20BrN5O2/c1-5-9(21(14(22)23)15(2,3)4)7-20-11(16)6-10-12(17)18-8-19-13(10)20/h5-6,8-9H,1,7H2,2-4H3,(H,22,23)(H2,17,18,19)/t9-/m0/s1. The second-order valence-corrected chi connectivity index (χ2v) is 7.01. The summed E-state index contributed by atoms with van der Waals surface area (Å²) >= 11 is 3.48. The molecule has 2 rings (SSSR count). The van der Waals surface area contributed by atoms with Gasteiger partial charge in [-0.15, -0.1) is 6.58 Å². The third-order valence-electron chi connectivity index (χ3n) is 3.57. The predicted octanol–water partition coefficient (Wildman–Crippen LogP) is 3.11. The Hall–Kier alpha value is -2.09. The van der Waals surface area contributed by atoms with Crippen LogP contribution in [0.1, 0.15) is 20.8 Å². The maximum atomic E-state index is 11.7. The monoisotopic (exact) mass is 381 g/mol. The molecule has 2 heterocycles. The molecule has 0 unspecified atom stereocenters. The summed E-state index contributed by atoms with van der Waals surface area (Å²) in [5.41, 5.74) is 5.96. The number of fused-ring (bicyclic) bond motifs is 1. The topological polar surface area (TPSA) is 97.3 Å². The zero-order valence-electron chi connectivity index (χ0n) is 13.3. The first kappa shape index (κ1) is 17.3. The molecule has 1 atom stereocenters. The van der Waals surface area contributed by atoms with E-state index in [0.717, 1.165) is 9.99 Å². The van der Waals surface area contributed by atoms with Crippen molar-refractivity contribution in [3.8, 4) is 0 Å². The van der Waals surface area contributed by atoms with Crippen molar-refractivity contribution in [1.82, 2.24) is 19.4 Å². The lowest BCUT2D eigenvalue weighted by Crippen LogP contribution is -2.51. The Morgan fingerprint density at radius 2 is 2.22 bits per heavy atom. The maximum Gasteiger partial charge on any atom is 0.408 e. The molecule has 3 N–H and O–H groups in total. The van der Waals surface area contributed by atoms with Gasteiger partial charge in [-0.25, -0.2) is 14.8 Å². The van der Waals surface area contributed by atoms with Gasteiger partial charge in [-0.3, -0.25) is 4.90 Å². The smallest absolute Gasteiger partial charge is 0.408 e. The van der Waals surface area contributed by atoms with E-state index in [1.165, 1.54) is 11.2 Å². The Kier molecular flexibility index (Phi) is 4.65. The quantitative estimate of drug-likeness (QED) is 0.792. The van der Waals surface area contributed by atoms with Crippen LogP contribution in [0.5, 0.6) is 0 Å². The van der Waals surface area contributed by atoms with Crippen molar-refractivity contribution in [2.75, 3.05) is 5.73 Å². The minimum atomic E-state index is -0.996. The van der Waals surface area contributed by atoms with Crippen LogP contribution < -0.4 is 5.73 Å². The van der Waals surface area contributed by atoms with E-state index < -0.39 is 17.7 Å². The van der Waals surface area contributed by atoms with Gasteiger partial charge in [0.05, 0.1) is 16.0 Å². The number of nitrogens with two attached hydrogens (primary N) is 1. The largest absolute Gasteiger partial charge is 0.465 e. The molecule has 0 saturated heterocycles. The van der Waals surface area contributed by atoms with E-state index in [1.807, 2.05) is 31.4 Å². The number of rotatable bonds is 4. The van der Waals surface area contributed by atoms with E-state index in [1.54, 1.807) is 6.08 Å². The number of halogens is 1. The lowest BCUT2D eigenvalue weighted by atomic mass is 10.0. The Morgan fingerprint density at radius 3 is 2.74 bits per heavy atom. The van der Waals surface area contributed by atoms with Crippen LogP contribution >= 0.6 is 15.9 Å². The number of carboxylic acid groups (broad SMARTS) is 1. The molecule has 0 aliphatic carbocycles. The normalized spacial score (nSPS) is 13.0. The van der Waals surface area contributed by atoms with E-state index in [2.05, 4.69) is 32.5 Å². The van der Waals surface area contributed by atoms with E-state index >= 15 is 0 Å². The van der Waals surface area contributed by atoms with Gasteiger partial charge >= 0.3 is 6.09 Å². The molecule has 7 nitrogen and oxygen atoms in total. The zero-order chi connectivity index (χ0) is 17.4. The van der Waals surface area contributed by atoms with Crippen LogP contribution in [0.2, 0.25) is 0 Å². The molecule has 0 aliphatic heterocycles. The molecule has 2 aromatic heterocycles. The molecule has 1 amide bonds. The molecule has 0 aromatic carbocycles. The highest BCUT2D eigenvalue weighted by Crippen LogP contribution is 2.27. The second-order valence-electron chi connectivity index (χ2n) is 6.20. The molecule has 8 heteroatoms. The van der Waals surface area contributed by atoms with Gasteiger partial charge in [-0.1, -0.05) is 6.08 Å². The molecular weight excluding hydrogens is 362 g/mol. The zero-order valence-corrected chi connectivity index (χ0v) is 14.9. The van der Waals surface area contributed by atoms with Crippen molar-refractivity contribution in [2.45, 2.75) is 38.9 Å². The molecule has 0 fully saturated rings. The van der Waals surface area contributed by atoms with Crippen LogP contribution in [-0.4, -0.2) is 42.2 Å². The summed E-state index contributed by atoms with van der Waals surface area (Å²) in [7, 11) is 0. The van der Waals surface area contributed by atoms with Gasteiger partial charge in [0, 0.05) is 12.1 Å². The average molecular weight is 382 g/mol. The lowest BCUT2D eigenvalue weighted by Gasteiger charge is -2.38. The third kappa shape index (κ3) is 3.31. The van der Waals surface area contributed by atoms with E-state index in [0.29, 0.717) is 18.0 Å². The van der Waals surface area contributed by atoms with Crippen LogP contribution in [0.15, 0.2) is 29.7 Å². The van der Waals surface area contributed by atoms with Gasteiger partial charge < -0.3 is 15.4 Å². The fourth-order valence-electron chi connectivity index (χ4n) is 2.60.